The van der Waals surface area contributed by atoms with Crippen molar-refractivity contribution >= 4 is 23.2 Å². The van der Waals surface area contributed by atoms with Crippen molar-refractivity contribution < 1.29 is 0 Å². The third kappa shape index (κ3) is 2.74. The number of allylic oxidation sites excluding steroid dienone is 1. The van der Waals surface area contributed by atoms with Crippen LogP contribution in [0.25, 0.3) is 0 Å². The van der Waals surface area contributed by atoms with Crippen LogP contribution in [0.2, 0.25) is 5.02 Å². The smallest absolute Gasteiger partial charge is 0.207 e. The lowest BCUT2D eigenvalue weighted by Crippen LogP contribution is -2.02. The Kier molecular flexibility index (Phi) is 3.72. The van der Waals surface area contributed by atoms with Gasteiger partial charge in [-0.05, 0) is 31.5 Å². The van der Waals surface area contributed by atoms with Crippen molar-refractivity contribution in [1.29, 1.82) is 0 Å². The van der Waals surface area contributed by atoms with E-state index in [0.29, 0.717) is 11.6 Å². The number of anilines is 2. The molecule has 0 bridgehead atoms. The summed E-state index contributed by atoms with van der Waals surface area (Å²) in [7, 11) is 0. The molecule has 0 spiro atoms. The van der Waals surface area contributed by atoms with Crippen LogP contribution in [0.3, 0.4) is 0 Å². The van der Waals surface area contributed by atoms with Crippen molar-refractivity contribution in [2.45, 2.75) is 20.4 Å². The fraction of sp³-hybridized carbons (Fsp3) is 0.214. The SMILES string of the molecule is C=CCn1cc(C)nc1Nc1ccc(C)cc1Cl. The summed E-state index contributed by atoms with van der Waals surface area (Å²) in [6, 6.07) is 5.90. The van der Waals surface area contributed by atoms with Crippen molar-refractivity contribution in [1.82, 2.24) is 9.55 Å². The predicted octanol–water partition coefficient (Wildman–Crippen LogP) is 4.08. The van der Waals surface area contributed by atoms with Crippen LogP contribution in [0.1, 0.15) is 11.3 Å². The van der Waals surface area contributed by atoms with Crippen LogP contribution in [0.5, 0.6) is 0 Å². The van der Waals surface area contributed by atoms with Crippen LogP contribution in [0.15, 0.2) is 37.1 Å². The molecule has 0 aliphatic heterocycles. The molecule has 3 nitrogen and oxygen atoms in total. The van der Waals surface area contributed by atoms with E-state index in [1.807, 2.05) is 48.9 Å². The lowest BCUT2D eigenvalue weighted by molar-refractivity contribution is 0.832. The zero-order valence-corrected chi connectivity index (χ0v) is 11.3. The first kappa shape index (κ1) is 12.7. The first-order valence-electron chi connectivity index (χ1n) is 5.78. The number of halogens is 1. The number of nitrogens with one attached hydrogen (secondary N) is 1. The van der Waals surface area contributed by atoms with Gasteiger partial charge in [0.25, 0.3) is 0 Å². The van der Waals surface area contributed by atoms with E-state index in [9.17, 15) is 0 Å². The molecule has 0 aliphatic rings. The van der Waals surface area contributed by atoms with Crippen LogP contribution >= 0.6 is 11.6 Å². The van der Waals surface area contributed by atoms with E-state index >= 15 is 0 Å². The lowest BCUT2D eigenvalue weighted by atomic mass is 10.2. The third-order valence-electron chi connectivity index (χ3n) is 2.59. The summed E-state index contributed by atoms with van der Waals surface area (Å²) < 4.78 is 2.00. The number of imidazole rings is 1. The number of aryl methyl sites for hydroxylation is 2. The zero-order valence-electron chi connectivity index (χ0n) is 10.6. The Bertz CT molecular complexity index is 572. The van der Waals surface area contributed by atoms with E-state index in [-0.39, 0.29) is 0 Å². The van der Waals surface area contributed by atoms with Crippen LogP contribution in [0, 0.1) is 13.8 Å². The van der Waals surface area contributed by atoms with Gasteiger partial charge in [-0.3, -0.25) is 0 Å². The van der Waals surface area contributed by atoms with Crippen LogP contribution in [-0.2, 0) is 6.54 Å². The van der Waals surface area contributed by atoms with Gasteiger partial charge < -0.3 is 9.88 Å². The maximum atomic E-state index is 6.20. The Hall–Kier alpha value is -1.74. The molecular weight excluding hydrogens is 246 g/mol. The summed E-state index contributed by atoms with van der Waals surface area (Å²) in [6.45, 7) is 8.43. The van der Waals surface area contributed by atoms with Crippen molar-refractivity contribution in [2.75, 3.05) is 5.32 Å². The average Bonchev–Trinajstić information content (AvgIpc) is 2.64. The van der Waals surface area contributed by atoms with Gasteiger partial charge in [-0.1, -0.05) is 23.7 Å². The first-order valence-corrected chi connectivity index (χ1v) is 6.16. The Balaban J connectivity index is 2.30. The van der Waals surface area contributed by atoms with Crippen LogP contribution < -0.4 is 5.32 Å². The summed E-state index contributed by atoms with van der Waals surface area (Å²) in [6.07, 6.45) is 3.81. The number of benzene rings is 1. The molecule has 2 rings (SSSR count). The molecule has 1 heterocycles. The minimum atomic E-state index is 0.695. The molecule has 4 heteroatoms. The molecule has 94 valence electrons. The van der Waals surface area contributed by atoms with Crippen LogP contribution in [-0.4, -0.2) is 9.55 Å². The number of hydrogen-bond acceptors (Lipinski definition) is 2. The minimum Gasteiger partial charge on any atom is -0.324 e. The maximum absolute atomic E-state index is 6.20. The van der Waals surface area contributed by atoms with E-state index in [1.54, 1.807) is 0 Å². The van der Waals surface area contributed by atoms with Gasteiger partial charge in [0.1, 0.15) is 0 Å². The second-order valence-electron chi connectivity index (χ2n) is 4.26. The molecule has 0 atom stereocenters. The minimum absolute atomic E-state index is 0.695. The van der Waals surface area contributed by atoms with E-state index in [4.69, 9.17) is 11.6 Å². The Morgan fingerprint density at radius 1 is 1.44 bits per heavy atom. The highest BCUT2D eigenvalue weighted by molar-refractivity contribution is 6.33. The molecule has 0 amide bonds. The summed E-state index contributed by atoms with van der Waals surface area (Å²) in [5.74, 6) is 0.776. The van der Waals surface area contributed by atoms with E-state index < -0.39 is 0 Å². The number of hydrogen-bond donors (Lipinski definition) is 1. The fourth-order valence-electron chi connectivity index (χ4n) is 1.77. The summed E-state index contributed by atoms with van der Waals surface area (Å²) in [5, 5.41) is 3.94. The van der Waals surface area contributed by atoms with Crippen molar-refractivity contribution in [3.8, 4) is 0 Å². The molecule has 0 fully saturated rings. The van der Waals surface area contributed by atoms with Gasteiger partial charge in [-0.15, -0.1) is 6.58 Å². The molecular formula is C14H16ClN3. The second kappa shape index (κ2) is 5.27. The van der Waals surface area contributed by atoms with Gasteiger partial charge in [0, 0.05) is 12.7 Å². The van der Waals surface area contributed by atoms with Gasteiger partial charge >= 0.3 is 0 Å². The predicted molar refractivity (Wildman–Crippen MR) is 76.6 cm³/mol. The van der Waals surface area contributed by atoms with Crippen molar-refractivity contribution in [2.24, 2.45) is 0 Å². The van der Waals surface area contributed by atoms with Crippen molar-refractivity contribution in [3.63, 3.8) is 0 Å². The quantitative estimate of drug-likeness (QED) is 0.841. The molecule has 1 N–H and O–H groups in total. The molecule has 2 aromatic rings. The number of nitrogens with zero attached hydrogens (tertiary/aromatic N) is 2. The van der Waals surface area contributed by atoms with Gasteiger partial charge in [0.2, 0.25) is 5.95 Å². The summed E-state index contributed by atoms with van der Waals surface area (Å²) in [5.41, 5.74) is 2.96. The molecule has 0 saturated carbocycles. The fourth-order valence-corrected chi connectivity index (χ4v) is 2.05. The molecule has 0 unspecified atom stereocenters. The van der Waals surface area contributed by atoms with Gasteiger partial charge in [-0.2, -0.15) is 0 Å². The first-order chi connectivity index (χ1) is 8.60. The zero-order chi connectivity index (χ0) is 13.1. The van der Waals surface area contributed by atoms with Crippen molar-refractivity contribution in [3.05, 3.63) is 53.3 Å². The molecule has 0 saturated heterocycles. The highest BCUT2D eigenvalue weighted by atomic mass is 35.5. The van der Waals surface area contributed by atoms with E-state index in [0.717, 1.165) is 22.9 Å². The standard InChI is InChI=1S/C14H16ClN3/c1-4-7-18-9-11(3)16-14(18)17-13-6-5-10(2)8-12(13)15/h4-6,8-9H,1,7H2,2-3H3,(H,16,17). The van der Waals surface area contributed by atoms with E-state index in [1.165, 1.54) is 0 Å². The summed E-state index contributed by atoms with van der Waals surface area (Å²) >= 11 is 6.20. The molecule has 0 aliphatic carbocycles. The molecule has 18 heavy (non-hydrogen) atoms. The normalized spacial score (nSPS) is 10.4. The molecule has 1 aromatic heterocycles. The van der Waals surface area contributed by atoms with Gasteiger partial charge in [0.05, 0.1) is 16.4 Å². The monoisotopic (exact) mass is 261 g/mol. The number of rotatable bonds is 4. The highest BCUT2D eigenvalue weighted by Gasteiger charge is 2.07. The maximum Gasteiger partial charge on any atom is 0.207 e. The van der Waals surface area contributed by atoms with Gasteiger partial charge in [0.15, 0.2) is 0 Å². The Morgan fingerprint density at radius 2 is 2.22 bits per heavy atom. The Morgan fingerprint density at radius 3 is 2.89 bits per heavy atom. The molecule has 1 aromatic carbocycles. The Labute approximate surface area is 112 Å². The topological polar surface area (TPSA) is 29.9 Å². The molecule has 0 radical (unpaired) electrons. The number of aromatic nitrogens is 2. The highest BCUT2D eigenvalue weighted by Crippen LogP contribution is 2.26. The summed E-state index contributed by atoms with van der Waals surface area (Å²) in [4.78, 5) is 4.43. The third-order valence-corrected chi connectivity index (χ3v) is 2.91. The lowest BCUT2D eigenvalue weighted by Gasteiger charge is -2.09. The van der Waals surface area contributed by atoms with Crippen LogP contribution in [0.4, 0.5) is 11.6 Å². The average molecular weight is 262 g/mol. The van der Waals surface area contributed by atoms with Gasteiger partial charge in [-0.25, -0.2) is 4.98 Å². The second-order valence-corrected chi connectivity index (χ2v) is 4.66. The van der Waals surface area contributed by atoms with E-state index in [2.05, 4.69) is 16.9 Å². The largest absolute Gasteiger partial charge is 0.324 e.